The quantitative estimate of drug-likeness (QED) is 0.705. The molecule has 2 aromatic heterocycles. The molecule has 0 unspecified atom stereocenters. The van der Waals surface area contributed by atoms with Crippen molar-refractivity contribution in [1.29, 1.82) is 0 Å². The summed E-state index contributed by atoms with van der Waals surface area (Å²) in [6.07, 6.45) is 1.63. The summed E-state index contributed by atoms with van der Waals surface area (Å²) in [5.41, 5.74) is 1.34. The number of hydrogen-bond donors (Lipinski definition) is 1. The van der Waals surface area contributed by atoms with Gasteiger partial charge in [-0.2, -0.15) is 5.10 Å². The van der Waals surface area contributed by atoms with Crippen molar-refractivity contribution in [3.8, 4) is 22.8 Å². The maximum atomic E-state index is 13.1. The molecule has 3 aromatic rings. The van der Waals surface area contributed by atoms with Crippen molar-refractivity contribution in [3.05, 3.63) is 54.4 Å². The van der Waals surface area contributed by atoms with Gasteiger partial charge in [-0.3, -0.25) is 4.57 Å². The van der Waals surface area contributed by atoms with Crippen LogP contribution in [0.1, 0.15) is 5.69 Å². The van der Waals surface area contributed by atoms with Crippen LogP contribution in [0.15, 0.2) is 48.7 Å². The summed E-state index contributed by atoms with van der Waals surface area (Å²) in [5, 5.41) is 15.1. The van der Waals surface area contributed by atoms with E-state index >= 15 is 0 Å². The van der Waals surface area contributed by atoms with E-state index in [2.05, 4.69) is 10.1 Å². The molecule has 0 spiro atoms. The number of aryl methyl sites for hydroxylation is 1. The minimum Gasteiger partial charge on any atom is -0.507 e. The predicted molar refractivity (Wildman–Crippen MR) is 94.5 cm³/mol. The molecule has 25 heavy (non-hydrogen) atoms. The van der Waals surface area contributed by atoms with E-state index in [-0.39, 0.29) is 5.75 Å². The fourth-order valence-electron chi connectivity index (χ4n) is 2.66. The number of phenolic OH excluding ortho intramolecular Hbond substituents is 1. The Bertz CT molecular complexity index is 932. The van der Waals surface area contributed by atoms with Crippen LogP contribution in [0, 0.1) is 6.92 Å². The Morgan fingerprint density at radius 2 is 1.76 bits per heavy atom. The smallest absolute Gasteiger partial charge is 0.364 e. The highest BCUT2D eigenvalue weighted by Gasteiger charge is 2.35. The molecule has 0 aliphatic heterocycles. The lowest BCUT2D eigenvalue weighted by atomic mass is 10.1. The minimum atomic E-state index is -3.62. The van der Waals surface area contributed by atoms with Crippen LogP contribution in [-0.2, 0) is 13.6 Å². The molecule has 8 heteroatoms. The Morgan fingerprint density at radius 3 is 2.36 bits per heavy atom. The maximum absolute atomic E-state index is 13.1. The van der Waals surface area contributed by atoms with Crippen LogP contribution in [0.3, 0.4) is 0 Å². The van der Waals surface area contributed by atoms with E-state index in [0.29, 0.717) is 28.1 Å². The molecule has 0 saturated heterocycles. The molecule has 1 aromatic carbocycles. The molecule has 0 radical (unpaired) electrons. The van der Waals surface area contributed by atoms with Gasteiger partial charge in [-0.15, -0.1) is 0 Å². The Balaban J connectivity index is 2.40. The van der Waals surface area contributed by atoms with Gasteiger partial charge in [0.2, 0.25) is 0 Å². The van der Waals surface area contributed by atoms with Gasteiger partial charge in [-0.1, -0.05) is 18.2 Å². The first-order valence-corrected chi connectivity index (χ1v) is 9.07. The van der Waals surface area contributed by atoms with Gasteiger partial charge in [0.05, 0.1) is 11.4 Å². The lowest BCUT2D eigenvalue weighted by Crippen LogP contribution is -2.13. The lowest BCUT2D eigenvalue weighted by molar-refractivity contribution is 0.287. The van der Waals surface area contributed by atoms with E-state index in [4.69, 9.17) is 9.05 Å². The number of nitrogens with zero attached hydrogens (tertiary/aromatic N) is 3. The van der Waals surface area contributed by atoms with Gasteiger partial charge in [0.25, 0.3) is 0 Å². The highest BCUT2D eigenvalue weighted by molar-refractivity contribution is 7.62. The maximum Gasteiger partial charge on any atom is 0.364 e. The first-order valence-electron chi connectivity index (χ1n) is 7.53. The summed E-state index contributed by atoms with van der Waals surface area (Å²) in [7, 11) is -0.984. The van der Waals surface area contributed by atoms with Gasteiger partial charge in [0.1, 0.15) is 11.1 Å². The molecule has 0 atom stereocenters. The van der Waals surface area contributed by atoms with Gasteiger partial charge >= 0.3 is 7.60 Å². The summed E-state index contributed by atoms with van der Waals surface area (Å²) >= 11 is 0. The number of aromatic nitrogens is 3. The van der Waals surface area contributed by atoms with E-state index in [1.807, 2.05) is 6.07 Å². The van der Waals surface area contributed by atoms with E-state index < -0.39 is 7.60 Å². The second-order valence-corrected chi connectivity index (χ2v) is 7.43. The minimum absolute atomic E-state index is 0.0274. The molecule has 7 nitrogen and oxygen atoms in total. The number of pyridine rings is 1. The van der Waals surface area contributed by atoms with Crippen molar-refractivity contribution in [1.82, 2.24) is 14.8 Å². The number of para-hydroxylation sites is 1. The van der Waals surface area contributed by atoms with E-state index in [1.165, 1.54) is 18.9 Å². The summed E-state index contributed by atoms with van der Waals surface area (Å²) < 4.78 is 25.0. The molecule has 0 fully saturated rings. The third-order valence-electron chi connectivity index (χ3n) is 3.81. The molecule has 0 aliphatic rings. The van der Waals surface area contributed by atoms with Gasteiger partial charge in [-0.25, -0.2) is 9.67 Å². The summed E-state index contributed by atoms with van der Waals surface area (Å²) in [4.78, 5) is 4.30. The topological polar surface area (TPSA) is 86.5 Å². The van der Waals surface area contributed by atoms with Crippen LogP contribution in [0.25, 0.3) is 17.1 Å². The van der Waals surface area contributed by atoms with Crippen LogP contribution in [0.5, 0.6) is 5.75 Å². The van der Waals surface area contributed by atoms with Crippen molar-refractivity contribution < 1.29 is 18.7 Å². The summed E-state index contributed by atoms with van der Waals surface area (Å²) in [6.45, 7) is 1.71. The second kappa shape index (κ2) is 6.80. The Labute approximate surface area is 145 Å². The Morgan fingerprint density at radius 1 is 1.08 bits per heavy atom. The van der Waals surface area contributed by atoms with E-state index in [1.54, 1.807) is 49.5 Å². The van der Waals surface area contributed by atoms with Crippen molar-refractivity contribution in [3.63, 3.8) is 0 Å². The van der Waals surface area contributed by atoms with Gasteiger partial charge in [-0.05, 0) is 31.2 Å². The molecule has 3 rings (SSSR count). The van der Waals surface area contributed by atoms with Crippen molar-refractivity contribution >= 4 is 12.9 Å². The van der Waals surface area contributed by atoms with Crippen LogP contribution < -0.4 is 5.30 Å². The third kappa shape index (κ3) is 2.98. The molecule has 1 N–H and O–H groups in total. The molecular weight excluding hydrogens is 341 g/mol. The lowest BCUT2D eigenvalue weighted by Gasteiger charge is -2.16. The van der Waals surface area contributed by atoms with Crippen LogP contribution in [0.4, 0.5) is 0 Å². The average molecular weight is 359 g/mol. The fourth-order valence-corrected chi connectivity index (χ4v) is 4.09. The highest BCUT2D eigenvalue weighted by Crippen LogP contribution is 2.49. The van der Waals surface area contributed by atoms with Crippen molar-refractivity contribution in [2.45, 2.75) is 6.92 Å². The molecule has 0 saturated carbocycles. The first-order chi connectivity index (χ1) is 12.0. The molecule has 2 heterocycles. The van der Waals surface area contributed by atoms with E-state index in [0.717, 1.165) is 0 Å². The molecule has 130 valence electrons. The Hall–Kier alpha value is -2.47. The van der Waals surface area contributed by atoms with Gasteiger partial charge in [0, 0.05) is 26.0 Å². The standard InChI is InChI=1S/C17H18N3O4P/c1-12-17(25(22,23-2)24-3)16(13-8-4-5-9-14(13)21)20(19-12)15-10-6-7-11-18-15/h4-11,21H,1-3H3. The van der Waals surface area contributed by atoms with Crippen molar-refractivity contribution in [2.75, 3.05) is 14.2 Å². The number of benzene rings is 1. The molecule has 0 aliphatic carbocycles. The van der Waals surface area contributed by atoms with Gasteiger partial charge in [0.15, 0.2) is 5.82 Å². The number of phenols is 1. The monoisotopic (exact) mass is 359 g/mol. The second-order valence-electron chi connectivity index (χ2n) is 5.26. The normalized spacial score (nSPS) is 11.6. The number of hydrogen-bond acceptors (Lipinski definition) is 6. The average Bonchev–Trinajstić information content (AvgIpc) is 3.00. The first kappa shape index (κ1) is 17.4. The molecule has 0 bridgehead atoms. The fraction of sp³-hybridized carbons (Fsp3) is 0.176. The summed E-state index contributed by atoms with van der Waals surface area (Å²) in [6, 6.07) is 12.1. The highest BCUT2D eigenvalue weighted by atomic mass is 31.2. The Kier molecular flexibility index (Phi) is 4.72. The predicted octanol–water partition coefficient (Wildman–Crippen LogP) is 3.06. The van der Waals surface area contributed by atoms with Crippen LogP contribution in [-0.4, -0.2) is 34.1 Å². The van der Waals surface area contributed by atoms with Crippen LogP contribution >= 0.6 is 7.60 Å². The summed E-state index contributed by atoms with van der Waals surface area (Å²) in [5.74, 6) is 0.549. The van der Waals surface area contributed by atoms with Crippen molar-refractivity contribution in [2.24, 2.45) is 0 Å². The molecular formula is C17H18N3O4P. The zero-order valence-corrected chi connectivity index (χ0v) is 15.0. The zero-order chi connectivity index (χ0) is 18.0. The van der Waals surface area contributed by atoms with Crippen LogP contribution in [0.2, 0.25) is 0 Å². The molecule has 0 amide bonds. The SMILES string of the molecule is COP(=O)(OC)c1c(C)nn(-c2ccccn2)c1-c1ccccc1O. The zero-order valence-electron chi connectivity index (χ0n) is 14.1. The number of aromatic hydroxyl groups is 1. The number of rotatable bonds is 5. The largest absolute Gasteiger partial charge is 0.507 e. The third-order valence-corrected chi connectivity index (χ3v) is 5.85. The van der Waals surface area contributed by atoms with Gasteiger partial charge < -0.3 is 14.2 Å². The van der Waals surface area contributed by atoms with E-state index in [9.17, 15) is 9.67 Å².